The van der Waals surface area contributed by atoms with Gasteiger partial charge in [-0.1, -0.05) is 129 Å². The predicted octanol–water partition coefficient (Wildman–Crippen LogP) is 7.70. The number of hydrogen-bond acceptors (Lipinski definition) is 2. The number of carbonyl (C=O) groups is 1. The van der Waals surface area contributed by atoms with Gasteiger partial charge in [0, 0.05) is 6.42 Å². The SMILES string of the molecule is CCCCCCCCCCCCCCCCCCCCCC(=O)NC(CC)CO. The van der Waals surface area contributed by atoms with E-state index in [9.17, 15) is 4.79 Å². The zero-order valence-corrected chi connectivity index (χ0v) is 20.0. The topological polar surface area (TPSA) is 49.3 Å². The van der Waals surface area contributed by atoms with Crippen molar-refractivity contribution in [3.8, 4) is 0 Å². The van der Waals surface area contributed by atoms with Gasteiger partial charge in [0.1, 0.15) is 0 Å². The van der Waals surface area contributed by atoms with Crippen LogP contribution in [-0.4, -0.2) is 23.7 Å². The number of hydrogen-bond donors (Lipinski definition) is 2. The van der Waals surface area contributed by atoms with E-state index in [1.807, 2.05) is 6.92 Å². The van der Waals surface area contributed by atoms with E-state index in [1.165, 1.54) is 109 Å². The first kappa shape index (κ1) is 28.4. The van der Waals surface area contributed by atoms with Crippen molar-refractivity contribution >= 4 is 5.91 Å². The number of aliphatic hydroxyl groups is 1. The Balaban J connectivity index is 3.14. The monoisotopic (exact) mass is 411 g/mol. The average Bonchev–Trinajstić information content (AvgIpc) is 2.73. The highest BCUT2D eigenvalue weighted by molar-refractivity contribution is 5.76. The lowest BCUT2D eigenvalue weighted by Crippen LogP contribution is -2.36. The molecule has 0 aliphatic carbocycles. The van der Waals surface area contributed by atoms with E-state index < -0.39 is 0 Å². The minimum absolute atomic E-state index is 0.0431. The molecule has 0 fully saturated rings. The molecule has 174 valence electrons. The second kappa shape index (κ2) is 23.7. The minimum Gasteiger partial charge on any atom is -0.394 e. The van der Waals surface area contributed by atoms with Gasteiger partial charge in [0.25, 0.3) is 0 Å². The highest BCUT2D eigenvalue weighted by Crippen LogP contribution is 2.14. The largest absolute Gasteiger partial charge is 0.394 e. The molecule has 1 amide bonds. The van der Waals surface area contributed by atoms with Crippen LogP contribution in [0.15, 0.2) is 0 Å². The summed E-state index contributed by atoms with van der Waals surface area (Å²) >= 11 is 0. The molecule has 3 nitrogen and oxygen atoms in total. The molecule has 1 unspecified atom stereocenters. The van der Waals surface area contributed by atoms with E-state index >= 15 is 0 Å². The maximum Gasteiger partial charge on any atom is 0.220 e. The summed E-state index contributed by atoms with van der Waals surface area (Å²) in [7, 11) is 0. The Morgan fingerprint density at radius 2 is 0.966 bits per heavy atom. The predicted molar refractivity (Wildman–Crippen MR) is 127 cm³/mol. The van der Waals surface area contributed by atoms with Gasteiger partial charge >= 0.3 is 0 Å². The molecule has 1 atom stereocenters. The third kappa shape index (κ3) is 21.9. The van der Waals surface area contributed by atoms with Crippen molar-refractivity contribution in [2.24, 2.45) is 0 Å². The molecule has 0 aliphatic rings. The van der Waals surface area contributed by atoms with Crippen molar-refractivity contribution in [2.45, 2.75) is 155 Å². The molecule has 0 heterocycles. The molecular formula is C26H53NO2. The Morgan fingerprint density at radius 3 is 1.28 bits per heavy atom. The highest BCUT2D eigenvalue weighted by atomic mass is 16.3. The van der Waals surface area contributed by atoms with Gasteiger partial charge in [-0.25, -0.2) is 0 Å². The summed E-state index contributed by atoms with van der Waals surface area (Å²) in [6.45, 7) is 4.31. The van der Waals surface area contributed by atoms with E-state index in [2.05, 4.69) is 12.2 Å². The zero-order valence-electron chi connectivity index (χ0n) is 20.0. The fraction of sp³-hybridized carbons (Fsp3) is 0.962. The quantitative estimate of drug-likeness (QED) is 0.169. The Bertz CT molecular complexity index is 329. The van der Waals surface area contributed by atoms with Gasteiger partial charge in [-0.3, -0.25) is 4.79 Å². The molecule has 3 heteroatoms. The lowest BCUT2D eigenvalue weighted by Gasteiger charge is -2.13. The molecule has 0 saturated heterocycles. The summed E-state index contributed by atoms with van der Waals surface area (Å²) in [6.07, 6.45) is 27.4. The smallest absolute Gasteiger partial charge is 0.220 e. The number of rotatable bonds is 23. The van der Waals surface area contributed by atoms with E-state index in [0.29, 0.717) is 6.42 Å². The fourth-order valence-electron chi connectivity index (χ4n) is 3.94. The van der Waals surface area contributed by atoms with Gasteiger partial charge in [0.15, 0.2) is 0 Å². The van der Waals surface area contributed by atoms with Crippen LogP contribution in [0.4, 0.5) is 0 Å². The first-order valence-corrected chi connectivity index (χ1v) is 13.1. The van der Waals surface area contributed by atoms with E-state index in [4.69, 9.17) is 5.11 Å². The fourth-order valence-corrected chi connectivity index (χ4v) is 3.94. The molecule has 0 aromatic rings. The molecule has 0 saturated carbocycles. The van der Waals surface area contributed by atoms with Crippen molar-refractivity contribution in [3.63, 3.8) is 0 Å². The summed E-state index contributed by atoms with van der Waals surface area (Å²) in [5, 5.41) is 12.0. The minimum atomic E-state index is -0.0668. The highest BCUT2D eigenvalue weighted by Gasteiger charge is 2.08. The number of amides is 1. The summed E-state index contributed by atoms with van der Waals surface area (Å²) in [4.78, 5) is 11.7. The molecular weight excluding hydrogens is 358 g/mol. The molecule has 0 aromatic heterocycles. The molecule has 0 aliphatic heterocycles. The number of carbonyl (C=O) groups excluding carboxylic acids is 1. The van der Waals surface area contributed by atoms with E-state index in [0.717, 1.165) is 19.3 Å². The first-order valence-electron chi connectivity index (χ1n) is 13.1. The van der Waals surface area contributed by atoms with Gasteiger partial charge < -0.3 is 10.4 Å². The molecule has 0 radical (unpaired) electrons. The molecule has 29 heavy (non-hydrogen) atoms. The van der Waals surface area contributed by atoms with Crippen molar-refractivity contribution < 1.29 is 9.90 Å². The maximum absolute atomic E-state index is 11.7. The summed E-state index contributed by atoms with van der Waals surface area (Å²) in [5.41, 5.74) is 0. The second-order valence-corrected chi connectivity index (χ2v) is 8.97. The molecule has 0 bridgehead atoms. The van der Waals surface area contributed by atoms with Crippen LogP contribution in [0.2, 0.25) is 0 Å². The van der Waals surface area contributed by atoms with Crippen molar-refractivity contribution in [2.75, 3.05) is 6.61 Å². The van der Waals surface area contributed by atoms with Crippen molar-refractivity contribution in [1.29, 1.82) is 0 Å². The van der Waals surface area contributed by atoms with Crippen LogP contribution in [0, 0.1) is 0 Å². The van der Waals surface area contributed by atoms with E-state index in [1.54, 1.807) is 0 Å². The molecule has 0 spiro atoms. The van der Waals surface area contributed by atoms with Crippen LogP contribution in [0.3, 0.4) is 0 Å². The van der Waals surface area contributed by atoms with Gasteiger partial charge in [0.05, 0.1) is 12.6 Å². The molecule has 0 rings (SSSR count). The van der Waals surface area contributed by atoms with Gasteiger partial charge in [0.2, 0.25) is 5.91 Å². The lowest BCUT2D eigenvalue weighted by molar-refractivity contribution is -0.122. The standard InChI is InChI=1S/C26H53NO2/c1-3-5-6-7-8-9-10-11-12-13-14-15-16-17-18-19-20-21-22-23-26(29)27-25(4-2)24-28/h25,28H,3-24H2,1-2H3,(H,27,29). The molecule has 2 N–H and O–H groups in total. The zero-order chi connectivity index (χ0) is 21.4. The third-order valence-corrected chi connectivity index (χ3v) is 6.09. The summed E-state index contributed by atoms with van der Waals surface area (Å²) in [5.74, 6) is 0.0953. The number of unbranched alkanes of at least 4 members (excludes halogenated alkanes) is 18. The van der Waals surface area contributed by atoms with Crippen LogP contribution in [0.1, 0.15) is 149 Å². The van der Waals surface area contributed by atoms with Gasteiger partial charge in [-0.05, 0) is 12.8 Å². The van der Waals surface area contributed by atoms with E-state index in [-0.39, 0.29) is 18.6 Å². The van der Waals surface area contributed by atoms with Crippen molar-refractivity contribution in [3.05, 3.63) is 0 Å². The number of aliphatic hydroxyl groups excluding tert-OH is 1. The Hall–Kier alpha value is -0.570. The third-order valence-electron chi connectivity index (χ3n) is 6.09. The van der Waals surface area contributed by atoms with Crippen LogP contribution in [0.25, 0.3) is 0 Å². The Kier molecular flexibility index (Phi) is 23.2. The van der Waals surface area contributed by atoms with Crippen LogP contribution in [-0.2, 0) is 4.79 Å². The summed E-state index contributed by atoms with van der Waals surface area (Å²) < 4.78 is 0. The Morgan fingerprint density at radius 1 is 0.621 bits per heavy atom. The maximum atomic E-state index is 11.7. The number of nitrogens with one attached hydrogen (secondary N) is 1. The molecule has 0 aromatic carbocycles. The van der Waals surface area contributed by atoms with Crippen LogP contribution in [0.5, 0.6) is 0 Å². The Labute approximate surface area is 182 Å². The average molecular weight is 412 g/mol. The van der Waals surface area contributed by atoms with Crippen LogP contribution >= 0.6 is 0 Å². The van der Waals surface area contributed by atoms with Gasteiger partial charge in [-0.2, -0.15) is 0 Å². The first-order chi connectivity index (χ1) is 14.2. The summed E-state index contributed by atoms with van der Waals surface area (Å²) in [6, 6.07) is -0.0668. The normalized spacial score (nSPS) is 12.2. The van der Waals surface area contributed by atoms with Gasteiger partial charge in [-0.15, -0.1) is 0 Å². The van der Waals surface area contributed by atoms with Crippen LogP contribution < -0.4 is 5.32 Å². The second-order valence-electron chi connectivity index (χ2n) is 8.97. The lowest BCUT2D eigenvalue weighted by atomic mass is 10.0. The van der Waals surface area contributed by atoms with Crippen molar-refractivity contribution in [1.82, 2.24) is 5.32 Å².